The van der Waals surface area contributed by atoms with Crippen molar-refractivity contribution in [2.45, 2.75) is 5.41 Å². The monoisotopic (exact) mass is 347 g/mol. The summed E-state index contributed by atoms with van der Waals surface area (Å²) in [4.78, 5) is 0. The molecule has 3 heteroatoms. The number of fused-ring (bicyclic) bond motifs is 10. The van der Waals surface area contributed by atoms with E-state index in [1.165, 1.54) is 44.5 Å². The molecular formula is C25H14B3. The van der Waals surface area contributed by atoms with E-state index in [-0.39, 0.29) is 5.41 Å². The molecule has 0 bridgehead atoms. The van der Waals surface area contributed by atoms with Crippen molar-refractivity contribution in [3.05, 3.63) is 107 Å². The predicted molar refractivity (Wildman–Crippen MR) is 119 cm³/mol. The van der Waals surface area contributed by atoms with Crippen LogP contribution in [0.1, 0.15) is 22.3 Å². The Morgan fingerprint density at radius 1 is 0.571 bits per heavy atom. The summed E-state index contributed by atoms with van der Waals surface area (Å²) in [7, 11) is 13.7. The lowest BCUT2D eigenvalue weighted by Crippen LogP contribution is -2.26. The first-order valence-electron chi connectivity index (χ1n) is 9.54. The fraction of sp³-hybridized carbons (Fsp3) is 0.0400. The molecule has 2 aliphatic carbocycles. The normalized spacial score (nSPS) is 14.3. The molecule has 0 amide bonds. The van der Waals surface area contributed by atoms with E-state index in [4.69, 9.17) is 15.6 Å². The van der Waals surface area contributed by atoms with Crippen molar-refractivity contribution in [1.82, 2.24) is 0 Å². The molecule has 4 aromatic carbocycles. The van der Waals surface area contributed by atoms with Gasteiger partial charge in [-0.25, -0.2) is 0 Å². The summed E-state index contributed by atoms with van der Waals surface area (Å²) in [6, 6.07) is 30.4. The van der Waals surface area contributed by atoms with Crippen molar-refractivity contribution in [2.75, 3.05) is 0 Å². The van der Waals surface area contributed by atoms with Crippen LogP contribution in [0.25, 0.3) is 22.3 Å². The van der Waals surface area contributed by atoms with Crippen LogP contribution in [-0.2, 0) is 5.41 Å². The average Bonchev–Trinajstić information content (AvgIpc) is 3.20. The van der Waals surface area contributed by atoms with Gasteiger partial charge in [-0.05, 0) is 44.5 Å². The topological polar surface area (TPSA) is 0 Å². The molecular weight excluding hydrogens is 333 g/mol. The number of rotatable bonds is 1. The molecule has 4 aromatic rings. The molecule has 123 valence electrons. The maximum atomic E-state index is 6.20. The minimum absolute atomic E-state index is 0.307. The SMILES string of the molecule is [B][B]c1ccc2c(c1)-c1cc([B])ccc1C21c2ccccc2-c2ccccc21. The molecule has 0 unspecified atom stereocenters. The van der Waals surface area contributed by atoms with Crippen molar-refractivity contribution in [3.8, 4) is 22.3 Å². The zero-order valence-electron chi connectivity index (χ0n) is 15.3. The van der Waals surface area contributed by atoms with Crippen molar-refractivity contribution in [1.29, 1.82) is 0 Å². The van der Waals surface area contributed by atoms with Gasteiger partial charge in [0, 0.05) is 7.74 Å². The highest BCUT2D eigenvalue weighted by Crippen LogP contribution is 2.62. The number of benzene rings is 4. The van der Waals surface area contributed by atoms with Gasteiger partial charge in [0.05, 0.1) is 12.6 Å². The van der Waals surface area contributed by atoms with E-state index in [9.17, 15) is 0 Å². The summed E-state index contributed by atoms with van der Waals surface area (Å²) in [5, 5.41) is 0. The summed E-state index contributed by atoms with van der Waals surface area (Å²) in [6.07, 6.45) is 0. The van der Waals surface area contributed by atoms with Gasteiger partial charge in [0.1, 0.15) is 7.85 Å². The lowest BCUT2D eigenvalue weighted by molar-refractivity contribution is 0.794. The quantitative estimate of drug-likeness (QED) is 0.401. The van der Waals surface area contributed by atoms with Crippen LogP contribution in [0.2, 0.25) is 0 Å². The molecule has 0 nitrogen and oxygen atoms in total. The first-order chi connectivity index (χ1) is 13.7. The van der Waals surface area contributed by atoms with Crippen LogP contribution in [0, 0.1) is 0 Å². The fourth-order valence-electron chi connectivity index (χ4n) is 5.29. The zero-order valence-corrected chi connectivity index (χ0v) is 15.3. The minimum Gasteiger partial charge on any atom is -0.0974 e. The van der Waals surface area contributed by atoms with Crippen LogP contribution in [-0.4, -0.2) is 22.8 Å². The van der Waals surface area contributed by atoms with E-state index >= 15 is 0 Å². The van der Waals surface area contributed by atoms with Gasteiger partial charge in [0.15, 0.2) is 0 Å². The van der Waals surface area contributed by atoms with E-state index in [2.05, 4.69) is 78.9 Å². The van der Waals surface area contributed by atoms with Gasteiger partial charge < -0.3 is 0 Å². The maximum absolute atomic E-state index is 6.20. The molecule has 0 saturated carbocycles. The Kier molecular flexibility index (Phi) is 3.18. The standard InChI is InChI=1S/C25H14B3/c26-15-9-11-23-19(13-15)20-14-16(28-27)10-12-24(20)25(23)21-7-3-1-5-17(21)18-6-2-4-8-22(18)25/h1-14H. The van der Waals surface area contributed by atoms with Crippen molar-refractivity contribution in [3.63, 3.8) is 0 Å². The van der Waals surface area contributed by atoms with Gasteiger partial charge >= 0.3 is 0 Å². The van der Waals surface area contributed by atoms with E-state index in [0.717, 1.165) is 10.9 Å². The summed E-state index contributed by atoms with van der Waals surface area (Å²) in [5.74, 6) is 0. The van der Waals surface area contributed by atoms with Gasteiger partial charge in [0.2, 0.25) is 0 Å². The number of hydrogen-bond donors (Lipinski definition) is 0. The molecule has 0 N–H and O–H groups in total. The minimum atomic E-state index is -0.307. The van der Waals surface area contributed by atoms with Crippen LogP contribution in [0.3, 0.4) is 0 Å². The lowest BCUT2D eigenvalue weighted by Gasteiger charge is -2.30. The maximum Gasteiger partial charge on any atom is 0.113 e. The van der Waals surface area contributed by atoms with Crippen LogP contribution in [0.15, 0.2) is 84.9 Å². The summed E-state index contributed by atoms with van der Waals surface area (Å²) in [6.45, 7) is 0. The van der Waals surface area contributed by atoms with Crippen LogP contribution < -0.4 is 10.9 Å². The molecule has 2 aliphatic rings. The van der Waals surface area contributed by atoms with Gasteiger partial charge in [-0.1, -0.05) is 95.9 Å². The van der Waals surface area contributed by atoms with Crippen molar-refractivity contribution in [2.24, 2.45) is 0 Å². The highest BCUT2D eigenvalue weighted by Gasteiger charge is 2.51. The molecule has 0 heterocycles. The Labute approximate surface area is 168 Å². The zero-order chi connectivity index (χ0) is 18.9. The Balaban J connectivity index is 1.83. The summed E-state index contributed by atoms with van der Waals surface area (Å²) < 4.78 is 0. The molecule has 0 saturated heterocycles. The molecule has 1 spiro atoms. The molecule has 28 heavy (non-hydrogen) atoms. The second kappa shape index (κ2) is 5.55. The molecule has 0 aliphatic heterocycles. The molecule has 0 fully saturated rings. The lowest BCUT2D eigenvalue weighted by atomic mass is 9.51. The van der Waals surface area contributed by atoms with Crippen LogP contribution in [0.4, 0.5) is 0 Å². The average molecular weight is 347 g/mol. The number of hydrogen-bond acceptors (Lipinski definition) is 0. The van der Waals surface area contributed by atoms with Crippen LogP contribution in [0.5, 0.6) is 0 Å². The Morgan fingerprint density at radius 2 is 1.11 bits per heavy atom. The van der Waals surface area contributed by atoms with Gasteiger partial charge in [-0.15, -0.1) is 0 Å². The first kappa shape index (κ1) is 16.1. The highest BCUT2D eigenvalue weighted by molar-refractivity contribution is 6.97. The van der Waals surface area contributed by atoms with E-state index in [1.807, 2.05) is 6.07 Å². The molecule has 0 atom stereocenters. The van der Waals surface area contributed by atoms with E-state index in [1.54, 1.807) is 7.17 Å². The van der Waals surface area contributed by atoms with Gasteiger partial charge in [0.25, 0.3) is 0 Å². The Bertz CT molecular complexity index is 1230. The second-order valence-electron chi connectivity index (χ2n) is 7.62. The highest BCUT2D eigenvalue weighted by atomic mass is 14.5. The van der Waals surface area contributed by atoms with Gasteiger partial charge in [-0.3, -0.25) is 0 Å². The molecule has 6 rings (SSSR count). The smallest absolute Gasteiger partial charge is 0.0974 e. The Morgan fingerprint density at radius 3 is 1.75 bits per heavy atom. The van der Waals surface area contributed by atoms with Crippen molar-refractivity contribution >= 4 is 33.7 Å². The van der Waals surface area contributed by atoms with Crippen LogP contribution >= 0.6 is 0 Å². The fourth-order valence-corrected chi connectivity index (χ4v) is 5.29. The third-order valence-electron chi connectivity index (χ3n) is 6.33. The summed E-state index contributed by atoms with van der Waals surface area (Å²) in [5.41, 5.74) is 11.8. The largest absolute Gasteiger partial charge is 0.113 e. The molecule has 5 radical (unpaired) electrons. The third kappa shape index (κ3) is 1.80. The van der Waals surface area contributed by atoms with E-state index < -0.39 is 0 Å². The second-order valence-corrected chi connectivity index (χ2v) is 7.62. The Hall–Kier alpha value is -2.93. The predicted octanol–water partition coefficient (Wildman–Crippen LogP) is 3.24. The first-order valence-corrected chi connectivity index (χ1v) is 9.54. The summed E-state index contributed by atoms with van der Waals surface area (Å²) >= 11 is 0. The van der Waals surface area contributed by atoms with Crippen molar-refractivity contribution < 1.29 is 0 Å². The third-order valence-corrected chi connectivity index (χ3v) is 6.33. The van der Waals surface area contributed by atoms with E-state index in [0.29, 0.717) is 0 Å². The molecule has 0 aromatic heterocycles. The van der Waals surface area contributed by atoms with Gasteiger partial charge in [-0.2, -0.15) is 0 Å².